The molecule has 1 aliphatic rings. The lowest BCUT2D eigenvalue weighted by molar-refractivity contribution is -0.121. The van der Waals surface area contributed by atoms with Crippen molar-refractivity contribution in [3.8, 4) is 0 Å². The maximum atomic E-state index is 11.8. The first-order chi connectivity index (χ1) is 7.66. The highest BCUT2D eigenvalue weighted by Gasteiger charge is 2.28. The summed E-state index contributed by atoms with van der Waals surface area (Å²) in [7, 11) is 0. The standard InChI is InChI=1S/C10H13BrN4O/c1-6(7-2-12-3-7)10(16)15-9-5-13-8(11)4-14-9/h4-7,12H,2-3H2,1H3,(H,14,15,16). The van der Waals surface area contributed by atoms with Crippen molar-refractivity contribution in [2.75, 3.05) is 18.4 Å². The first-order valence-electron chi connectivity index (χ1n) is 5.16. The van der Waals surface area contributed by atoms with Crippen molar-refractivity contribution in [2.24, 2.45) is 11.8 Å². The first-order valence-corrected chi connectivity index (χ1v) is 5.95. The van der Waals surface area contributed by atoms with Gasteiger partial charge in [0, 0.05) is 5.92 Å². The molecule has 1 unspecified atom stereocenters. The van der Waals surface area contributed by atoms with Crippen molar-refractivity contribution in [3.05, 3.63) is 17.0 Å². The number of carbonyl (C=O) groups excluding carboxylic acids is 1. The number of rotatable bonds is 3. The molecule has 1 amide bonds. The fourth-order valence-corrected chi connectivity index (χ4v) is 1.70. The van der Waals surface area contributed by atoms with E-state index >= 15 is 0 Å². The summed E-state index contributed by atoms with van der Waals surface area (Å²) in [6.07, 6.45) is 3.10. The Morgan fingerprint density at radius 2 is 2.31 bits per heavy atom. The summed E-state index contributed by atoms with van der Waals surface area (Å²) in [5.74, 6) is 0.936. The Bertz CT molecular complexity index is 377. The number of nitrogens with zero attached hydrogens (tertiary/aromatic N) is 2. The fraction of sp³-hybridized carbons (Fsp3) is 0.500. The van der Waals surface area contributed by atoms with E-state index in [9.17, 15) is 4.79 Å². The van der Waals surface area contributed by atoms with E-state index in [-0.39, 0.29) is 11.8 Å². The predicted molar refractivity (Wildman–Crippen MR) is 63.9 cm³/mol. The van der Waals surface area contributed by atoms with Crippen molar-refractivity contribution >= 4 is 27.7 Å². The fourth-order valence-electron chi connectivity index (χ4n) is 1.50. The largest absolute Gasteiger partial charge is 0.316 e. The van der Waals surface area contributed by atoms with Gasteiger partial charge in [0.2, 0.25) is 5.91 Å². The van der Waals surface area contributed by atoms with Crippen LogP contribution in [-0.2, 0) is 4.79 Å². The molecule has 6 heteroatoms. The lowest BCUT2D eigenvalue weighted by atomic mass is 9.88. The Balaban J connectivity index is 1.93. The molecule has 1 aromatic heterocycles. The number of hydrogen-bond donors (Lipinski definition) is 2. The highest BCUT2D eigenvalue weighted by Crippen LogP contribution is 2.17. The van der Waals surface area contributed by atoms with E-state index in [0.29, 0.717) is 16.3 Å². The maximum Gasteiger partial charge on any atom is 0.228 e. The smallest absolute Gasteiger partial charge is 0.228 e. The number of hydrogen-bond acceptors (Lipinski definition) is 4. The van der Waals surface area contributed by atoms with Crippen LogP contribution in [0.2, 0.25) is 0 Å². The molecule has 1 aliphatic heterocycles. The lowest BCUT2D eigenvalue weighted by Gasteiger charge is -2.31. The second kappa shape index (κ2) is 4.88. The zero-order valence-electron chi connectivity index (χ0n) is 8.90. The van der Waals surface area contributed by atoms with Gasteiger partial charge in [0.15, 0.2) is 5.82 Å². The zero-order valence-corrected chi connectivity index (χ0v) is 10.5. The maximum absolute atomic E-state index is 11.8. The van der Waals surface area contributed by atoms with E-state index < -0.39 is 0 Å². The number of anilines is 1. The van der Waals surface area contributed by atoms with Gasteiger partial charge in [0.25, 0.3) is 0 Å². The molecule has 0 aliphatic carbocycles. The van der Waals surface area contributed by atoms with Crippen molar-refractivity contribution in [2.45, 2.75) is 6.92 Å². The molecule has 0 saturated carbocycles. The molecule has 16 heavy (non-hydrogen) atoms. The second-order valence-electron chi connectivity index (χ2n) is 3.92. The van der Waals surface area contributed by atoms with Crippen LogP contribution in [0.1, 0.15) is 6.92 Å². The normalized spacial score (nSPS) is 17.6. The van der Waals surface area contributed by atoms with E-state index in [1.807, 2.05) is 6.92 Å². The van der Waals surface area contributed by atoms with Crippen LogP contribution in [0.5, 0.6) is 0 Å². The topological polar surface area (TPSA) is 66.9 Å². The average Bonchev–Trinajstić information content (AvgIpc) is 2.19. The van der Waals surface area contributed by atoms with Crippen LogP contribution in [-0.4, -0.2) is 29.0 Å². The Morgan fingerprint density at radius 1 is 1.56 bits per heavy atom. The molecule has 0 bridgehead atoms. The van der Waals surface area contributed by atoms with Gasteiger partial charge in [0.05, 0.1) is 12.4 Å². The molecule has 86 valence electrons. The summed E-state index contributed by atoms with van der Waals surface area (Å²) in [6.45, 7) is 3.77. The van der Waals surface area contributed by atoms with Gasteiger partial charge in [-0.25, -0.2) is 9.97 Å². The van der Waals surface area contributed by atoms with Gasteiger partial charge < -0.3 is 10.6 Å². The molecule has 0 spiro atoms. The van der Waals surface area contributed by atoms with Crippen molar-refractivity contribution < 1.29 is 4.79 Å². The number of aromatic nitrogens is 2. The summed E-state index contributed by atoms with van der Waals surface area (Å²) in [5.41, 5.74) is 0. The molecule has 2 heterocycles. The molecule has 5 nitrogen and oxygen atoms in total. The Morgan fingerprint density at radius 3 is 2.81 bits per heavy atom. The molecule has 0 aromatic carbocycles. The van der Waals surface area contributed by atoms with Crippen LogP contribution in [0.3, 0.4) is 0 Å². The molecule has 1 aromatic rings. The van der Waals surface area contributed by atoms with Gasteiger partial charge in [-0.15, -0.1) is 0 Å². The number of carbonyl (C=O) groups is 1. The Kier molecular flexibility index (Phi) is 3.50. The summed E-state index contributed by atoms with van der Waals surface area (Å²) in [6, 6.07) is 0. The minimum absolute atomic E-state index is 0.00289. The minimum atomic E-state index is 0.00289. The zero-order chi connectivity index (χ0) is 11.5. The van der Waals surface area contributed by atoms with E-state index in [0.717, 1.165) is 13.1 Å². The van der Waals surface area contributed by atoms with Gasteiger partial charge in [0.1, 0.15) is 4.60 Å². The molecular formula is C10H13BrN4O. The Labute approximate surface area is 102 Å². The molecule has 2 rings (SSSR count). The highest BCUT2D eigenvalue weighted by atomic mass is 79.9. The van der Waals surface area contributed by atoms with Crippen molar-refractivity contribution in [1.29, 1.82) is 0 Å². The predicted octanol–water partition coefficient (Wildman–Crippen LogP) is 1.03. The molecule has 1 saturated heterocycles. The number of amides is 1. The van der Waals surface area contributed by atoms with Crippen molar-refractivity contribution in [1.82, 2.24) is 15.3 Å². The van der Waals surface area contributed by atoms with Gasteiger partial charge >= 0.3 is 0 Å². The third-order valence-electron chi connectivity index (χ3n) is 2.81. The van der Waals surface area contributed by atoms with Gasteiger partial charge in [-0.3, -0.25) is 4.79 Å². The van der Waals surface area contributed by atoms with Crippen molar-refractivity contribution in [3.63, 3.8) is 0 Å². The highest BCUT2D eigenvalue weighted by molar-refractivity contribution is 9.10. The summed E-state index contributed by atoms with van der Waals surface area (Å²) < 4.78 is 0.654. The van der Waals surface area contributed by atoms with E-state index in [2.05, 4.69) is 36.5 Å². The van der Waals surface area contributed by atoms with Gasteiger partial charge in [-0.05, 0) is 34.9 Å². The summed E-state index contributed by atoms with van der Waals surface area (Å²) in [4.78, 5) is 19.9. The molecular weight excluding hydrogens is 272 g/mol. The summed E-state index contributed by atoms with van der Waals surface area (Å²) >= 11 is 3.19. The lowest BCUT2D eigenvalue weighted by Crippen LogP contribution is -2.48. The van der Waals surface area contributed by atoms with E-state index in [1.165, 1.54) is 6.20 Å². The third-order valence-corrected chi connectivity index (χ3v) is 3.21. The van der Waals surface area contributed by atoms with Crippen LogP contribution in [0.25, 0.3) is 0 Å². The third kappa shape index (κ3) is 2.56. The van der Waals surface area contributed by atoms with Crippen LogP contribution >= 0.6 is 15.9 Å². The van der Waals surface area contributed by atoms with E-state index in [1.54, 1.807) is 6.20 Å². The number of nitrogens with one attached hydrogen (secondary N) is 2. The van der Waals surface area contributed by atoms with Crippen LogP contribution in [0.15, 0.2) is 17.0 Å². The summed E-state index contributed by atoms with van der Waals surface area (Å²) in [5, 5.41) is 5.91. The van der Waals surface area contributed by atoms with Crippen LogP contribution in [0.4, 0.5) is 5.82 Å². The van der Waals surface area contributed by atoms with E-state index in [4.69, 9.17) is 0 Å². The molecule has 2 N–H and O–H groups in total. The molecule has 1 atom stereocenters. The molecule has 0 radical (unpaired) electrons. The van der Waals surface area contributed by atoms with Gasteiger partial charge in [-0.1, -0.05) is 6.92 Å². The number of halogens is 1. The van der Waals surface area contributed by atoms with Gasteiger partial charge in [-0.2, -0.15) is 0 Å². The quantitative estimate of drug-likeness (QED) is 0.870. The van der Waals surface area contributed by atoms with Crippen LogP contribution < -0.4 is 10.6 Å². The minimum Gasteiger partial charge on any atom is -0.316 e. The average molecular weight is 285 g/mol. The second-order valence-corrected chi connectivity index (χ2v) is 4.73. The Hall–Kier alpha value is -1.01. The first kappa shape index (κ1) is 11.5. The monoisotopic (exact) mass is 284 g/mol. The SMILES string of the molecule is CC(C(=O)Nc1cnc(Br)cn1)C1CNC1. The van der Waals surface area contributed by atoms with Crippen LogP contribution in [0, 0.1) is 11.8 Å². The molecule has 1 fully saturated rings.